The first-order valence-corrected chi connectivity index (χ1v) is 7.92. The van der Waals surface area contributed by atoms with Crippen LogP contribution in [-0.4, -0.2) is 43.9 Å². The van der Waals surface area contributed by atoms with Gasteiger partial charge in [-0.15, -0.1) is 0 Å². The van der Waals surface area contributed by atoms with Gasteiger partial charge >= 0.3 is 10.2 Å². The first-order chi connectivity index (χ1) is 9.65. The van der Waals surface area contributed by atoms with Crippen molar-refractivity contribution >= 4 is 26.8 Å². The van der Waals surface area contributed by atoms with Crippen molar-refractivity contribution in [3.05, 3.63) is 36.5 Å². The van der Waals surface area contributed by atoms with Gasteiger partial charge in [0.05, 0.1) is 17.4 Å². The second kappa shape index (κ2) is 5.35. The standard InChI is InChI=1S/C13H16N4O2S/c18-20(19,17-7-5-14-6-8-17)16-12-9-11-3-1-2-4-13(11)15-10-12/h1-4,9-10,14,16H,5-8H2. The zero-order chi connectivity index (χ0) is 14.0. The molecule has 0 saturated carbocycles. The van der Waals surface area contributed by atoms with Crippen LogP contribution in [0.5, 0.6) is 0 Å². The molecule has 7 heteroatoms. The number of nitrogens with one attached hydrogen (secondary N) is 2. The van der Waals surface area contributed by atoms with Crippen LogP contribution in [0.1, 0.15) is 0 Å². The van der Waals surface area contributed by atoms with E-state index in [1.54, 1.807) is 12.3 Å². The number of benzene rings is 1. The minimum Gasteiger partial charge on any atom is -0.314 e. The van der Waals surface area contributed by atoms with Gasteiger partial charge in [0.1, 0.15) is 0 Å². The summed E-state index contributed by atoms with van der Waals surface area (Å²) in [7, 11) is -3.50. The monoisotopic (exact) mass is 292 g/mol. The van der Waals surface area contributed by atoms with Gasteiger partial charge in [0.15, 0.2) is 0 Å². The Morgan fingerprint density at radius 2 is 1.95 bits per heavy atom. The van der Waals surface area contributed by atoms with Crippen molar-refractivity contribution < 1.29 is 8.42 Å². The largest absolute Gasteiger partial charge is 0.314 e. The number of para-hydroxylation sites is 1. The maximum Gasteiger partial charge on any atom is 0.301 e. The molecular formula is C13H16N4O2S. The van der Waals surface area contributed by atoms with Crippen molar-refractivity contribution in [2.75, 3.05) is 30.9 Å². The molecule has 0 unspecified atom stereocenters. The highest BCUT2D eigenvalue weighted by atomic mass is 32.2. The molecule has 2 N–H and O–H groups in total. The summed E-state index contributed by atoms with van der Waals surface area (Å²) in [5.41, 5.74) is 1.33. The normalized spacial score (nSPS) is 17.2. The summed E-state index contributed by atoms with van der Waals surface area (Å²) in [5, 5.41) is 4.04. The number of anilines is 1. The minimum absolute atomic E-state index is 0.482. The molecule has 0 atom stereocenters. The maximum atomic E-state index is 12.3. The first kappa shape index (κ1) is 13.3. The number of pyridine rings is 1. The highest BCUT2D eigenvalue weighted by Crippen LogP contribution is 2.18. The van der Waals surface area contributed by atoms with Gasteiger partial charge in [-0.05, 0) is 12.1 Å². The lowest BCUT2D eigenvalue weighted by Crippen LogP contribution is -2.48. The van der Waals surface area contributed by atoms with Crippen LogP contribution in [0.4, 0.5) is 5.69 Å². The van der Waals surface area contributed by atoms with E-state index >= 15 is 0 Å². The Hall–Kier alpha value is -1.70. The molecule has 2 heterocycles. The maximum absolute atomic E-state index is 12.3. The average molecular weight is 292 g/mol. The van der Waals surface area contributed by atoms with E-state index < -0.39 is 10.2 Å². The average Bonchev–Trinajstić information content (AvgIpc) is 2.48. The molecule has 2 aromatic rings. The summed E-state index contributed by atoms with van der Waals surface area (Å²) in [6, 6.07) is 9.40. The molecule has 0 bridgehead atoms. The zero-order valence-electron chi connectivity index (χ0n) is 10.9. The van der Waals surface area contributed by atoms with Crippen LogP contribution in [-0.2, 0) is 10.2 Å². The Bertz CT molecular complexity index is 711. The van der Waals surface area contributed by atoms with Gasteiger partial charge in [-0.3, -0.25) is 9.71 Å². The fourth-order valence-corrected chi connectivity index (χ4v) is 3.43. The number of nitrogens with zero attached hydrogens (tertiary/aromatic N) is 2. The van der Waals surface area contributed by atoms with Gasteiger partial charge in [0.25, 0.3) is 0 Å². The fourth-order valence-electron chi connectivity index (χ4n) is 2.23. The van der Waals surface area contributed by atoms with Gasteiger partial charge in [-0.1, -0.05) is 18.2 Å². The summed E-state index contributed by atoms with van der Waals surface area (Å²) >= 11 is 0. The number of rotatable bonds is 3. The molecule has 1 aromatic heterocycles. The smallest absolute Gasteiger partial charge is 0.301 e. The number of fused-ring (bicyclic) bond motifs is 1. The summed E-state index contributed by atoms with van der Waals surface area (Å²) in [5.74, 6) is 0. The third kappa shape index (κ3) is 2.74. The van der Waals surface area contributed by atoms with Crippen molar-refractivity contribution in [3.63, 3.8) is 0 Å². The van der Waals surface area contributed by atoms with E-state index in [2.05, 4.69) is 15.0 Å². The summed E-state index contributed by atoms with van der Waals surface area (Å²) in [6.07, 6.45) is 1.54. The van der Waals surface area contributed by atoms with E-state index in [9.17, 15) is 8.42 Å². The van der Waals surface area contributed by atoms with Crippen LogP contribution in [0.25, 0.3) is 10.9 Å². The lowest BCUT2D eigenvalue weighted by molar-refractivity contribution is 0.362. The lowest BCUT2D eigenvalue weighted by Gasteiger charge is -2.26. The van der Waals surface area contributed by atoms with Crippen molar-refractivity contribution in [1.82, 2.24) is 14.6 Å². The van der Waals surface area contributed by atoms with Crippen LogP contribution in [0.15, 0.2) is 36.5 Å². The van der Waals surface area contributed by atoms with Gasteiger partial charge in [0, 0.05) is 31.6 Å². The molecule has 1 aromatic carbocycles. The van der Waals surface area contributed by atoms with Gasteiger partial charge in [-0.25, -0.2) is 0 Å². The van der Waals surface area contributed by atoms with Crippen LogP contribution in [0, 0.1) is 0 Å². The van der Waals surface area contributed by atoms with E-state index in [1.165, 1.54) is 4.31 Å². The second-order valence-electron chi connectivity index (χ2n) is 4.67. The predicted octanol–water partition coefficient (Wildman–Crippen LogP) is 0.797. The SMILES string of the molecule is O=S(=O)(Nc1cnc2ccccc2c1)N1CCNCC1. The highest BCUT2D eigenvalue weighted by molar-refractivity contribution is 7.90. The molecule has 3 rings (SSSR count). The third-order valence-corrected chi connectivity index (χ3v) is 4.79. The fraction of sp³-hybridized carbons (Fsp3) is 0.308. The molecule has 0 spiro atoms. The number of aromatic nitrogens is 1. The molecule has 0 amide bonds. The third-order valence-electron chi connectivity index (χ3n) is 3.25. The molecule has 1 fully saturated rings. The number of hydrogen-bond donors (Lipinski definition) is 2. The molecular weight excluding hydrogens is 276 g/mol. The highest BCUT2D eigenvalue weighted by Gasteiger charge is 2.23. The van der Waals surface area contributed by atoms with E-state index in [0.717, 1.165) is 10.9 Å². The lowest BCUT2D eigenvalue weighted by atomic mass is 10.2. The minimum atomic E-state index is -3.50. The molecule has 1 aliphatic rings. The van der Waals surface area contributed by atoms with Crippen molar-refractivity contribution in [2.45, 2.75) is 0 Å². The Morgan fingerprint density at radius 1 is 1.20 bits per heavy atom. The molecule has 0 aliphatic carbocycles. The quantitative estimate of drug-likeness (QED) is 0.877. The number of piperazine rings is 1. The van der Waals surface area contributed by atoms with Crippen molar-refractivity contribution in [1.29, 1.82) is 0 Å². The van der Waals surface area contributed by atoms with Crippen LogP contribution in [0.3, 0.4) is 0 Å². The molecule has 0 radical (unpaired) electrons. The molecule has 6 nitrogen and oxygen atoms in total. The van der Waals surface area contributed by atoms with Gasteiger partial charge < -0.3 is 5.32 Å². The Morgan fingerprint density at radius 3 is 2.75 bits per heavy atom. The van der Waals surface area contributed by atoms with Gasteiger partial charge in [0.2, 0.25) is 0 Å². The zero-order valence-corrected chi connectivity index (χ0v) is 11.7. The molecule has 20 heavy (non-hydrogen) atoms. The Balaban J connectivity index is 1.84. The van der Waals surface area contributed by atoms with E-state index in [-0.39, 0.29) is 0 Å². The van der Waals surface area contributed by atoms with Crippen molar-refractivity contribution in [3.8, 4) is 0 Å². The molecule has 1 aliphatic heterocycles. The van der Waals surface area contributed by atoms with E-state index in [4.69, 9.17) is 0 Å². The summed E-state index contributed by atoms with van der Waals surface area (Å²) < 4.78 is 28.5. The van der Waals surface area contributed by atoms with Crippen LogP contribution < -0.4 is 10.0 Å². The summed E-state index contributed by atoms with van der Waals surface area (Å²) in [4.78, 5) is 4.25. The topological polar surface area (TPSA) is 74.3 Å². The first-order valence-electron chi connectivity index (χ1n) is 6.48. The van der Waals surface area contributed by atoms with Crippen LogP contribution in [0.2, 0.25) is 0 Å². The van der Waals surface area contributed by atoms with E-state index in [0.29, 0.717) is 31.9 Å². The molecule has 1 saturated heterocycles. The Labute approximate surface area is 118 Å². The second-order valence-corrected chi connectivity index (χ2v) is 6.34. The number of hydrogen-bond acceptors (Lipinski definition) is 4. The van der Waals surface area contributed by atoms with Gasteiger partial charge in [-0.2, -0.15) is 12.7 Å². The van der Waals surface area contributed by atoms with Crippen molar-refractivity contribution in [2.24, 2.45) is 0 Å². The Kier molecular flexibility index (Phi) is 3.56. The molecule has 106 valence electrons. The predicted molar refractivity (Wildman–Crippen MR) is 78.7 cm³/mol. The van der Waals surface area contributed by atoms with Crippen LogP contribution >= 0.6 is 0 Å². The van der Waals surface area contributed by atoms with E-state index in [1.807, 2.05) is 24.3 Å². The summed E-state index contributed by atoms with van der Waals surface area (Å²) in [6.45, 7) is 2.32.